The van der Waals surface area contributed by atoms with Gasteiger partial charge in [0.25, 0.3) is 11.8 Å². The minimum absolute atomic E-state index is 0. The standard InChI is InChI=1S/C32H21F2N3O5.C31H19F2N3O5.Li.H2O/c1-35-31(38)28-21-12-18(19(32(39)40-2)14-27(21)42-30(28)16-6-8-17(33)9-7-16)23-10-11-26-29(36-23)25-13-20-22(34)4-3-5-24(20)37(25)15-41-26;1-34-30(37)27-20-11-17(18(31(38)39)13-26(20)41-29(27)15-5-7-16(32)8-6-15)22-9-10-25-28(35-22)24-12-19-21(33)3-2-4-23(19)36(24)14-40-25;;/h3-14H,15H2,1-2H3,(H,35,38);2-13H,14H2,1H3,(H,34,37)(H,38,39);;1H2/q;;+1;/p-1. The van der Waals surface area contributed by atoms with E-state index in [0.29, 0.717) is 94.9 Å². The summed E-state index contributed by atoms with van der Waals surface area (Å²) in [6, 6.07) is 36.8. The van der Waals surface area contributed by atoms with Gasteiger partial charge in [0.2, 0.25) is 0 Å². The molecule has 418 valence electrons. The Labute approximate surface area is 489 Å². The maximum Gasteiger partial charge on any atom is 1.00 e. The van der Waals surface area contributed by atoms with Crippen molar-refractivity contribution in [3.05, 3.63) is 191 Å². The molecule has 12 aromatic rings. The molecular weight excluding hydrogens is 1100 g/mol. The van der Waals surface area contributed by atoms with Crippen LogP contribution in [0, 0.1) is 23.3 Å². The van der Waals surface area contributed by atoms with Crippen molar-refractivity contribution in [3.8, 4) is 79.4 Å². The van der Waals surface area contributed by atoms with Gasteiger partial charge in [-0.3, -0.25) is 9.59 Å². The average molecular weight is 1140 g/mol. The molecule has 0 saturated carbocycles. The number of benzene rings is 6. The van der Waals surface area contributed by atoms with Crippen molar-refractivity contribution in [1.82, 2.24) is 29.7 Å². The van der Waals surface area contributed by atoms with Gasteiger partial charge in [0, 0.05) is 57.9 Å². The first-order chi connectivity index (χ1) is 40.2. The molecule has 2 aliphatic rings. The molecule has 22 heteroatoms. The van der Waals surface area contributed by atoms with Gasteiger partial charge < -0.3 is 53.4 Å². The van der Waals surface area contributed by atoms with Crippen molar-refractivity contribution in [2.75, 3.05) is 21.2 Å². The minimum atomic E-state index is -1.23. The van der Waals surface area contributed by atoms with Crippen LogP contribution in [0.5, 0.6) is 11.5 Å². The number of fused-ring (bicyclic) bond motifs is 12. The second kappa shape index (κ2) is 22.0. The fourth-order valence-electron chi connectivity index (χ4n) is 10.7. The third kappa shape index (κ3) is 9.45. The number of halogens is 4. The summed E-state index contributed by atoms with van der Waals surface area (Å²) in [5, 5.41) is 17.0. The van der Waals surface area contributed by atoms with Crippen LogP contribution >= 0.6 is 0 Å². The Hall–Kier alpha value is -10.5. The molecule has 0 atom stereocenters. The second-order valence-electron chi connectivity index (χ2n) is 19.3. The number of carbonyl (C=O) groups excluding carboxylic acids is 3. The zero-order chi connectivity index (χ0) is 57.5. The van der Waals surface area contributed by atoms with E-state index < -0.39 is 35.4 Å². The van der Waals surface area contributed by atoms with E-state index in [2.05, 4.69) is 10.6 Å². The second-order valence-corrected chi connectivity index (χ2v) is 19.3. The molecule has 0 radical (unpaired) electrons. The SMILES string of the molecule is CNC(=O)c1c(-c2ccc(F)cc2)oc2cc(C(=O)O)c(-c3ccc4c(n3)-c3cc5c(F)cccc5n3CO4)cc12.CNC(=O)c1c(-c2ccc(F)cc2)oc2cc(C(=O)OC)c(-c3ccc4c(n3)-c3cc5c(F)cccc5n3CO4)cc12.[Li+].[OH-]. The molecule has 0 spiro atoms. The molecule has 14 rings (SSSR count). The monoisotopic (exact) mass is 1140 g/mol. The summed E-state index contributed by atoms with van der Waals surface area (Å²) in [6.07, 6.45) is 0. The van der Waals surface area contributed by atoms with Gasteiger partial charge in [-0.1, -0.05) is 12.1 Å². The number of nitrogens with one attached hydrogen (secondary N) is 2. The Bertz CT molecular complexity index is 4750. The molecule has 6 aromatic heterocycles. The zero-order valence-corrected chi connectivity index (χ0v) is 45.1. The number of amides is 2. The first-order valence-corrected chi connectivity index (χ1v) is 25.5. The van der Waals surface area contributed by atoms with Crippen molar-refractivity contribution >= 4 is 67.5 Å². The number of ether oxygens (including phenoxy) is 3. The Balaban J connectivity index is 0.000000173. The van der Waals surface area contributed by atoms with E-state index in [9.17, 15) is 41.8 Å². The fourth-order valence-corrected chi connectivity index (χ4v) is 10.7. The molecular formula is C63H41F4LiN6O11. The van der Waals surface area contributed by atoms with Crippen LogP contribution in [0.4, 0.5) is 17.6 Å². The number of furan rings is 2. The molecule has 85 heavy (non-hydrogen) atoms. The first-order valence-electron chi connectivity index (χ1n) is 25.5. The molecule has 0 aliphatic carbocycles. The molecule has 2 aliphatic heterocycles. The number of carboxylic acid groups (broad SMARTS) is 1. The van der Waals surface area contributed by atoms with Crippen LogP contribution < -0.4 is 39.0 Å². The van der Waals surface area contributed by atoms with Gasteiger partial charge in [-0.15, -0.1) is 0 Å². The molecule has 0 saturated heterocycles. The Morgan fingerprint density at radius 3 is 1.39 bits per heavy atom. The summed E-state index contributed by atoms with van der Waals surface area (Å²) >= 11 is 0. The fraction of sp³-hybridized carbons (Fsp3) is 0.0794. The number of hydrogen-bond acceptors (Lipinski definition) is 12. The molecule has 0 bridgehead atoms. The topological polar surface area (TPSA) is 232 Å². The number of aromatic nitrogens is 4. The number of rotatable bonds is 8. The quantitative estimate of drug-likeness (QED) is 0.0731. The molecule has 4 N–H and O–H groups in total. The van der Waals surface area contributed by atoms with E-state index >= 15 is 0 Å². The molecule has 8 heterocycles. The molecule has 17 nitrogen and oxygen atoms in total. The van der Waals surface area contributed by atoms with E-state index in [1.807, 2.05) is 4.57 Å². The Kier molecular flexibility index (Phi) is 14.6. The van der Waals surface area contributed by atoms with Crippen LogP contribution in [0.25, 0.3) is 112 Å². The Morgan fingerprint density at radius 2 is 0.976 bits per heavy atom. The van der Waals surface area contributed by atoms with Gasteiger partial charge in [0.15, 0.2) is 13.5 Å². The number of methoxy groups -OCH3 is 1. The van der Waals surface area contributed by atoms with E-state index in [0.717, 1.165) is 0 Å². The summed E-state index contributed by atoms with van der Waals surface area (Å²) in [7, 11) is 4.22. The first kappa shape index (κ1) is 56.4. The average Bonchev–Trinajstić information content (AvgIpc) is 1.97. The zero-order valence-electron chi connectivity index (χ0n) is 45.1. The molecule has 2 amide bonds. The third-order valence-corrected chi connectivity index (χ3v) is 14.7. The molecule has 0 unspecified atom stereocenters. The largest absolute Gasteiger partial charge is 1.00 e. The molecule has 0 fully saturated rings. The minimum Gasteiger partial charge on any atom is -0.870 e. The van der Waals surface area contributed by atoms with Gasteiger partial charge in [-0.25, -0.2) is 37.1 Å². The van der Waals surface area contributed by atoms with Crippen LogP contribution in [0.1, 0.15) is 41.4 Å². The number of pyridine rings is 2. The number of aromatic carboxylic acids is 1. The van der Waals surface area contributed by atoms with Crippen molar-refractivity contribution < 1.29 is 89.2 Å². The smallest absolute Gasteiger partial charge is 0.870 e. The van der Waals surface area contributed by atoms with E-state index in [1.165, 1.54) is 94.0 Å². The summed E-state index contributed by atoms with van der Waals surface area (Å²) in [4.78, 5) is 61.2. The van der Waals surface area contributed by atoms with E-state index in [1.54, 1.807) is 77.4 Å². The van der Waals surface area contributed by atoms with Crippen molar-refractivity contribution in [2.45, 2.75) is 13.5 Å². The Morgan fingerprint density at radius 1 is 0.553 bits per heavy atom. The number of carbonyl (C=O) groups is 4. The van der Waals surface area contributed by atoms with E-state index in [-0.39, 0.29) is 99.9 Å². The predicted octanol–water partition coefficient (Wildman–Crippen LogP) is 9.85. The van der Waals surface area contributed by atoms with Crippen LogP contribution in [0.3, 0.4) is 0 Å². The normalized spacial score (nSPS) is 11.8. The van der Waals surface area contributed by atoms with Crippen LogP contribution in [0.2, 0.25) is 0 Å². The maximum absolute atomic E-state index is 14.6. The molecule has 6 aromatic carbocycles. The van der Waals surface area contributed by atoms with Gasteiger partial charge in [-0.05, 0) is 133 Å². The third-order valence-electron chi connectivity index (χ3n) is 14.7. The predicted molar refractivity (Wildman–Crippen MR) is 300 cm³/mol. The van der Waals surface area contributed by atoms with Gasteiger partial charge in [0.1, 0.15) is 68.8 Å². The number of carboxylic acids is 1. The summed E-state index contributed by atoms with van der Waals surface area (Å²) in [5.41, 5.74) is 6.61. The van der Waals surface area contributed by atoms with Gasteiger partial charge in [-0.2, -0.15) is 0 Å². The van der Waals surface area contributed by atoms with E-state index in [4.69, 9.17) is 33.0 Å². The van der Waals surface area contributed by atoms with Gasteiger partial charge >= 0.3 is 30.8 Å². The van der Waals surface area contributed by atoms with Crippen molar-refractivity contribution in [1.29, 1.82) is 0 Å². The van der Waals surface area contributed by atoms with Gasteiger partial charge in [0.05, 0.1) is 63.2 Å². The van der Waals surface area contributed by atoms with Crippen LogP contribution in [-0.2, 0) is 18.2 Å². The maximum atomic E-state index is 14.6. The summed E-state index contributed by atoms with van der Waals surface area (Å²) in [6.45, 7) is 0.353. The summed E-state index contributed by atoms with van der Waals surface area (Å²) < 4.78 is 89.0. The van der Waals surface area contributed by atoms with Crippen LogP contribution in [-0.4, -0.2) is 74.6 Å². The number of hydrogen-bond donors (Lipinski definition) is 3. The van der Waals surface area contributed by atoms with Crippen LogP contribution in [0.15, 0.2) is 154 Å². The van der Waals surface area contributed by atoms with Crippen molar-refractivity contribution in [2.24, 2.45) is 0 Å². The van der Waals surface area contributed by atoms with Crippen molar-refractivity contribution in [3.63, 3.8) is 0 Å². The number of nitrogens with zero attached hydrogens (tertiary/aromatic N) is 4. The summed E-state index contributed by atoms with van der Waals surface area (Å²) in [5.74, 6) is -3.01. The number of esters is 1.